The van der Waals surface area contributed by atoms with Gasteiger partial charge in [-0.05, 0) is 26.0 Å². The lowest BCUT2D eigenvalue weighted by Gasteiger charge is -2.35. The Kier molecular flexibility index (Phi) is 5.23. The molecule has 3 heterocycles. The van der Waals surface area contributed by atoms with Crippen LogP contribution in [-0.2, 0) is 14.8 Å². The third-order valence-corrected chi connectivity index (χ3v) is 6.01. The molecule has 140 valence electrons. The fourth-order valence-corrected chi connectivity index (χ4v) is 4.34. The third kappa shape index (κ3) is 3.86. The summed E-state index contributed by atoms with van der Waals surface area (Å²) in [6.07, 6.45) is 1.74. The lowest BCUT2D eigenvalue weighted by atomic mass is 10.3. The van der Waals surface area contributed by atoms with Crippen LogP contribution in [-0.4, -0.2) is 67.1 Å². The summed E-state index contributed by atoms with van der Waals surface area (Å²) in [5.74, 6) is 0.638. The summed E-state index contributed by atoms with van der Waals surface area (Å²) in [5, 5.41) is 6.52. The highest BCUT2D eigenvalue weighted by Gasteiger charge is 2.26. The second-order valence-corrected chi connectivity index (χ2v) is 7.85. The average molecular weight is 378 g/mol. The van der Waals surface area contributed by atoms with Gasteiger partial charge in [-0.3, -0.25) is 9.89 Å². The maximum absolute atomic E-state index is 12.4. The summed E-state index contributed by atoms with van der Waals surface area (Å²) in [4.78, 5) is 20.5. The maximum atomic E-state index is 12.4. The van der Waals surface area contributed by atoms with Crippen LogP contribution < -0.4 is 9.62 Å². The highest BCUT2D eigenvalue weighted by Crippen LogP contribution is 2.16. The number of aromatic amines is 1. The Bertz CT molecular complexity index is 853. The maximum Gasteiger partial charge on any atom is 0.244 e. The van der Waals surface area contributed by atoms with Crippen LogP contribution in [0.3, 0.4) is 0 Å². The van der Waals surface area contributed by atoms with Gasteiger partial charge in [0.2, 0.25) is 15.9 Å². The van der Waals surface area contributed by atoms with Gasteiger partial charge in [0.1, 0.15) is 10.7 Å². The zero-order valence-corrected chi connectivity index (χ0v) is 15.6. The largest absolute Gasteiger partial charge is 0.353 e. The van der Waals surface area contributed by atoms with Crippen LogP contribution in [0.25, 0.3) is 0 Å². The highest BCUT2D eigenvalue weighted by atomic mass is 32.2. The SMILES string of the molecule is Cc1n[nH]c(C)c1S(=O)(=O)NCC(=O)N1CCN(c2ccccn2)CC1. The Morgan fingerprint density at radius 3 is 2.54 bits per heavy atom. The van der Waals surface area contributed by atoms with Crippen molar-refractivity contribution in [1.29, 1.82) is 0 Å². The van der Waals surface area contributed by atoms with Gasteiger partial charge in [-0.15, -0.1) is 0 Å². The van der Waals surface area contributed by atoms with E-state index in [9.17, 15) is 13.2 Å². The van der Waals surface area contributed by atoms with E-state index in [0.717, 1.165) is 5.82 Å². The van der Waals surface area contributed by atoms with E-state index in [2.05, 4.69) is 24.8 Å². The molecule has 1 saturated heterocycles. The molecule has 0 saturated carbocycles. The van der Waals surface area contributed by atoms with Crippen LogP contribution in [0.1, 0.15) is 11.4 Å². The van der Waals surface area contributed by atoms with Gasteiger partial charge in [-0.1, -0.05) is 6.07 Å². The van der Waals surface area contributed by atoms with E-state index in [1.54, 1.807) is 24.9 Å². The monoisotopic (exact) mass is 378 g/mol. The van der Waals surface area contributed by atoms with Gasteiger partial charge in [0.05, 0.1) is 17.9 Å². The van der Waals surface area contributed by atoms with Gasteiger partial charge in [0.15, 0.2) is 0 Å². The second kappa shape index (κ2) is 7.42. The number of anilines is 1. The van der Waals surface area contributed by atoms with Crippen molar-refractivity contribution >= 4 is 21.7 Å². The molecule has 26 heavy (non-hydrogen) atoms. The van der Waals surface area contributed by atoms with Gasteiger partial charge in [0.25, 0.3) is 0 Å². The van der Waals surface area contributed by atoms with Crippen molar-refractivity contribution in [3.63, 3.8) is 0 Å². The number of sulfonamides is 1. The molecule has 2 aromatic heterocycles. The molecular weight excluding hydrogens is 356 g/mol. The second-order valence-electron chi connectivity index (χ2n) is 6.14. The topological polar surface area (TPSA) is 111 Å². The molecule has 0 unspecified atom stereocenters. The Hall–Kier alpha value is -2.46. The molecule has 2 aromatic rings. The lowest BCUT2D eigenvalue weighted by molar-refractivity contribution is -0.130. The molecular formula is C16H22N6O3S. The van der Waals surface area contributed by atoms with E-state index in [4.69, 9.17) is 0 Å². The van der Waals surface area contributed by atoms with E-state index in [-0.39, 0.29) is 17.3 Å². The number of hydrogen-bond acceptors (Lipinski definition) is 6. The molecule has 1 amide bonds. The molecule has 0 radical (unpaired) electrons. The molecule has 1 fully saturated rings. The van der Waals surface area contributed by atoms with E-state index >= 15 is 0 Å². The van der Waals surface area contributed by atoms with Gasteiger partial charge >= 0.3 is 0 Å². The van der Waals surface area contributed by atoms with Crippen molar-refractivity contribution in [2.45, 2.75) is 18.7 Å². The Balaban J connectivity index is 1.55. The highest BCUT2D eigenvalue weighted by molar-refractivity contribution is 7.89. The zero-order valence-electron chi connectivity index (χ0n) is 14.8. The predicted molar refractivity (Wildman–Crippen MR) is 96.3 cm³/mol. The number of aryl methyl sites for hydroxylation is 2. The van der Waals surface area contributed by atoms with E-state index in [1.807, 2.05) is 18.2 Å². The van der Waals surface area contributed by atoms with E-state index < -0.39 is 10.0 Å². The summed E-state index contributed by atoms with van der Waals surface area (Å²) in [5.41, 5.74) is 0.831. The normalized spacial score (nSPS) is 15.3. The molecule has 0 aromatic carbocycles. The van der Waals surface area contributed by atoms with Crippen molar-refractivity contribution < 1.29 is 13.2 Å². The van der Waals surface area contributed by atoms with Gasteiger partial charge < -0.3 is 9.80 Å². The summed E-state index contributed by atoms with van der Waals surface area (Å²) < 4.78 is 27.2. The quantitative estimate of drug-likeness (QED) is 0.760. The van der Waals surface area contributed by atoms with Crippen molar-refractivity contribution in [3.05, 3.63) is 35.8 Å². The standard InChI is InChI=1S/C16H22N6O3S/c1-12-16(13(2)20-19-12)26(24,25)18-11-15(23)22-9-7-21(8-10-22)14-5-3-4-6-17-14/h3-6,18H,7-11H2,1-2H3,(H,19,20). The zero-order chi connectivity index (χ0) is 18.7. The van der Waals surface area contributed by atoms with E-state index in [1.165, 1.54) is 0 Å². The van der Waals surface area contributed by atoms with Crippen molar-refractivity contribution in [3.8, 4) is 0 Å². The van der Waals surface area contributed by atoms with Crippen LogP contribution in [0, 0.1) is 13.8 Å². The Morgan fingerprint density at radius 1 is 1.23 bits per heavy atom. The number of hydrogen-bond donors (Lipinski definition) is 2. The minimum atomic E-state index is -3.78. The summed E-state index contributed by atoms with van der Waals surface area (Å²) in [6.45, 7) is 5.35. The average Bonchev–Trinajstić information content (AvgIpc) is 3.00. The van der Waals surface area contributed by atoms with Crippen LogP contribution in [0.15, 0.2) is 29.3 Å². The molecule has 1 aliphatic heterocycles. The molecule has 0 atom stereocenters. The number of carbonyl (C=O) groups excluding carboxylic acids is 1. The minimum absolute atomic E-state index is 0.102. The molecule has 10 heteroatoms. The fourth-order valence-electron chi connectivity index (χ4n) is 3.00. The molecule has 0 aliphatic carbocycles. The number of carbonyl (C=O) groups is 1. The summed E-state index contributed by atoms with van der Waals surface area (Å²) in [7, 11) is -3.78. The number of rotatable bonds is 5. The van der Waals surface area contributed by atoms with Crippen molar-refractivity contribution in [2.75, 3.05) is 37.6 Å². The first-order valence-corrected chi connectivity index (χ1v) is 9.82. The molecule has 9 nitrogen and oxygen atoms in total. The third-order valence-electron chi connectivity index (χ3n) is 4.35. The summed E-state index contributed by atoms with van der Waals surface area (Å²) in [6, 6.07) is 5.72. The molecule has 0 bridgehead atoms. The van der Waals surface area contributed by atoms with Crippen molar-refractivity contribution in [1.82, 2.24) is 24.8 Å². The van der Waals surface area contributed by atoms with Gasteiger partial charge in [0, 0.05) is 32.4 Å². The van der Waals surface area contributed by atoms with Gasteiger partial charge in [-0.25, -0.2) is 18.1 Å². The molecule has 1 aliphatic rings. The number of aromatic nitrogens is 3. The smallest absolute Gasteiger partial charge is 0.244 e. The first-order valence-electron chi connectivity index (χ1n) is 8.33. The van der Waals surface area contributed by atoms with E-state index in [0.29, 0.717) is 37.6 Å². The number of nitrogens with one attached hydrogen (secondary N) is 2. The lowest BCUT2D eigenvalue weighted by Crippen LogP contribution is -2.51. The van der Waals surface area contributed by atoms with Crippen LogP contribution in [0.2, 0.25) is 0 Å². The van der Waals surface area contributed by atoms with Crippen LogP contribution in [0.4, 0.5) is 5.82 Å². The summed E-state index contributed by atoms with van der Waals surface area (Å²) >= 11 is 0. The van der Waals surface area contributed by atoms with Gasteiger partial charge in [-0.2, -0.15) is 5.10 Å². The Morgan fingerprint density at radius 2 is 1.96 bits per heavy atom. The van der Waals surface area contributed by atoms with Crippen molar-refractivity contribution in [2.24, 2.45) is 0 Å². The molecule has 3 rings (SSSR count). The number of amides is 1. The molecule has 2 N–H and O–H groups in total. The van der Waals surface area contributed by atoms with Crippen LogP contribution in [0.5, 0.6) is 0 Å². The number of nitrogens with zero attached hydrogens (tertiary/aromatic N) is 4. The minimum Gasteiger partial charge on any atom is -0.353 e. The number of H-pyrrole nitrogens is 1. The fraction of sp³-hybridized carbons (Fsp3) is 0.438. The first-order chi connectivity index (χ1) is 12.4. The number of piperazine rings is 1. The van der Waals surface area contributed by atoms with Crippen LogP contribution >= 0.6 is 0 Å². The Labute approximate surface area is 152 Å². The predicted octanol–water partition coefficient (Wildman–Crippen LogP) is 0.0486. The molecule has 0 spiro atoms. The first kappa shape index (κ1) is 18.3. The number of pyridine rings is 1.